The second-order valence-electron chi connectivity index (χ2n) is 6.51. The molecule has 1 aromatic carbocycles. The van der Waals surface area contributed by atoms with Crippen LogP contribution in [0.25, 0.3) is 0 Å². The maximum atomic E-state index is 12.2. The van der Waals surface area contributed by atoms with E-state index >= 15 is 0 Å². The van der Waals surface area contributed by atoms with Crippen LogP contribution in [0.3, 0.4) is 0 Å². The lowest BCUT2D eigenvalue weighted by Gasteiger charge is -2.34. The molecule has 0 spiro atoms. The average molecular weight is 398 g/mol. The highest BCUT2D eigenvalue weighted by atomic mass is 16.6. The molecule has 1 N–H and O–H groups in total. The van der Waals surface area contributed by atoms with Gasteiger partial charge in [-0.3, -0.25) is 14.4 Å². The molecule has 9 heteroatoms. The van der Waals surface area contributed by atoms with Crippen molar-refractivity contribution in [3.05, 3.63) is 54.0 Å². The molecule has 1 saturated heterocycles. The van der Waals surface area contributed by atoms with Gasteiger partial charge < -0.3 is 24.4 Å². The highest BCUT2D eigenvalue weighted by Crippen LogP contribution is 2.10. The quantitative estimate of drug-likeness (QED) is 0.587. The second kappa shape index (κ2) is 9.54. The van der Waals surface area contributed by atoms with Crippen LogP contribution < -0.4 is 5.32 Å². The van der Waals surface area contributed by atoms with Crippen molar-refractivity contribution >= 4 is 29.6 Å². The lowest BCUT2D eigenvalue weighted by Crippen LogP contribution is -2.51. The van der Waals surface area contributed by atoms with Crippen molar-refractivity contribution in [1.29, 1.82) is 0 Å². The fraction of sp³-hybridized carbons (Fsp3) is 0.300. The summed E-state index contributed by atoms with van der Waals surface area (Å²) in [6.45, 7) is 3.29. The number of carbonyl (C=O) groups excluding carboxylic acids is 3. The number of carbonyl (C=O) groups is 3. The Labute approximate surface area is 167 Å². The number of rotatable bonds is 6. The number of hydrogen-bond acceptors (Lipinski definition) is 6. The summed E-state index contributed by atoms with van der Waals surface area (Å²) < 4.78 is 5.11. The maximum absolute atomic E-state index is 12.2. The molecule has 2 heterocycles. The molecule has 1 fully saturated rings. The molecule has 3 amide bonds. The van der Waals surface area contributed by atoms with Gasteiger partial charge in [-0.05, 0) is 31.2 Å². The number of amides is 3. The summed E-state index contributed by atoms with van der Waals surface area (Å²) in [4.78, 5) is 44.3. The highest BCUT2D eigenvalue weighted by molar-refractivity contribution is 6.31. The van der Waals surface area contributed by atoms with Gasteiger partial charge in [0.1, 0.15) is 6.21 Å². The average Bonchev–Trinajstić information content (AvgIpc) is 3.27. The number of furan rings is 1. The Kier molecular flexibility index (Phi) is 6.62. The van der Waals surface area contributed by atoms with Crippen LogP contribution in [0.5, 0.6) is 0 Å². The minimum absolute atomic E-state index is 0.192. The molecular weight excluding hydrogens is 376 g/mol. The van der Waals surface area contributed by atoms with Crippen LogP contribution in [0, 0.1) is 6.92 Å². The number of benzene rings is 1. The molecule has 1 aliphatic rings. The monoisotopic (exact) mass is 398 g/mol. The molecule has 0 bridgehead atoms. The minimum Gasteiger partial charge on any atom is -0.459 e. The number of anilines is 1. The first-order chi connectivity index (χ1) is 14.0. The fourth-order valence-corrected chi connectivity index (χ4v) is 2.80. The molecule has 0 radical (unpaired) electrons. The summed E-state index contributed by atoms with van der Waals surface area (Å²) >= 11 is 0. The van der Waals surface area contributed by atoms with Crippen molar-refractivity contribution < 1.29 is 23.6 Å². The SMILES string of the molecule is Cc1ccc(NC(=O)C=NOCC(=O)N2CCN(C(=O)c3ccco3)CC2)cc1. The molecule has 29 heavy (non-hydrogen) atoms. The Morgan fingerprint density at radius 1 is 1.10 bits per heavy atom. The predicted molar refractivity (Wildman–Crippen MR) is 105 cm³/mol. The molecule has 0 atom stereocenters. The fourth-order valence-electron chi connectivity index (χ4n) is 2.80. The molecule has 152 valence electrons. The van der Waals surface area contributed by atoms with Crippen molar-refractivity contribution in [2.24, 2.45) is 5.16 Å². The first-order valence-electron chi connectivity index (χ1n) is 9.16. The van der Waals surface area contributed by atoms with Crippen LogP contribution in [0.15, 0.2) is 52.2 Å². The van der Waals surface area contributed by atoms with E-state index in [0.717, 1.165) is 11.8 Å². The summed E-state index contributed by atoms with van der Waals surface area (Å²) in [7, 11) is 0. The molecule has 0 unspecified atom stereocenters. The lowest BCUT2D eigenvalue weighted by molar-refractivity contribution is -0.137. The van der Waals surface area contributed by atoms with E-state index in [2.05, 4.69) is 10.5 Å². The van der Waals surface area contributed by atoms with E-state index in [1.165, 1.54) is 6.26 Å². The van der Waals surface area contributed by atoms with Crippen molar-refractivity contribution in [3.63, 3.8) is 0 Å². The van der Waals surface area contributed by atoms with Crippen LogP contribution in [-0.4, -0.2) is 66.5 Å². The first-order valence-corrected chi connectivity index (χ1v) is 9.16. The third kappa shape index (κ3) is 5.68. The van der Waals surface area contributed by atoms with Crippen LogP contribution in [0.4, 0.5) is 5.69 Å². The first kappa shape index (κ1) is 20.1. The number of piperazine rings is 1. The van der Waals surface area contributed by atoms with E-state index in [1.807, 2.05) is 19.1 Å². The van der Waals surface area contributed by atoms with Crippen molar-refractivity contribution in [3.8, 4) is 0 Å². The standard InChI is InChI=1S/C20H22N4O5/c1-15-4-6-16(7-5-15)22-18(25)13-21-29-14-19(26)23-8-10-24(11-9-23)20(27)17-3-2-12-28-17/h2-7,12-13H,8-11,14H2,1H3,(H,22,25). The van der Waals surface area contributed by atoms with E-state index in [4.69, 9.17) is 9.25 Å². The summed E-state index contributed by atoms with van der Waals surface area (Å²) in [5.41, 5.74) is 1.73. The number of hydrogen-bond donors (Lipinski definition) is 1. The molecule has 1 aromatic heterocycles. The number of nitrogens with zero attached hydrogens (tertiary/aromatic N) is 3. The second-order valence-corrected chi connectivity index (χ2v) is 6.51. The zero-order chi connectivity index (χ0) is 20.6. The molecular formula is C20H22N4O5. The normalized spacial score (nSPS) is 14.1. The summed E-state index contributed by atoms with van der Waals surface area (Å²) in [5, 5.41) is 6.17. The van der Waals surface area contributed by atoms with Gasteiger partial charge in [0.05, 0.1) is 6.26 Å². The van der Waals surface area contributed by atoms with E-state index in [-0.39, 0.29) is 24.2 Å². The summed E-state index contributed by atoms with van der Waals surface area (Å²) in [6.07, 6.45) is 2.43. The zero-order valence-corrected chi connectivity index (χ0v) is 16.0. The van der Waals surface area contributed by atoms with E-state index < -0.39 is 5.91 Å². The van der Waals surface area contributed by atoms with Gasteiger partial charge in [0, 0.05) is 31.9 Å². The lowest BCUT2D eigenvalue weighted by atomic mass is 10.2. The largest absolute Gasteiger partial charge is 0.459 e. The molecule has 3 rings (SSSR count). The Morgan fingerprint density at radius 2 is 1.79 bits per heavy atom. The Balaban J connectivity index is 1.36. The van der Waals surface area contributed by atoms with E-state index in [9.17, 15) is 14.4 Å². The van der Waals surface area contributed by atoms with Gasteiger partial charge in [0.15, 0.2) is 12.4 Å². The number of aryl methyl sites for hydroxylation is 1. The smallest absolute Gasteiger partial charge is 0.289 e. The van der Waals surface area contributed by atoms with Gasteiger partial charge in [0.25, 0.3) is 17.7 Å². The van der Waals surface area contributed by atoms with E-state index in [1.54, 1.807) is 34.1 Å². The van der Waals surface area contributed by atoms with Crippen LogP contribution in [0.1, 0.15) is 16.1 Å². The van der Waals surface area contributed by atoms with E-state index in [0.29, 0.717) is 31.9 Å². The topological polar surface area (TPSA) is 104 Å². The summed E-state index contributed by atoms with van der Waals surface area (Å²) in [6, 6.07) is 10.6. The van der Waals surface area contributed by atoms with Gasteiger partial charge >= 0.3 is 0 Å². The van der Waals surface area contributed by atoms with Crippen molar-refractivity contribution in [2.75, 3.05) is 38.1 Å². The zero-order valence-electron chi connectivity index (χ0n) is 16.0. The van der Waals surface area contributed by atoms with Crippen LogP contribution >= 0.6 is 0 Å². The third-order valence-electron chi connectivity index (χ3n) is 4.40. The Bertz CT molecular complexity index is 869. The highest BCUT2D eigenvalue weighted by Gasteiger charge is 2.26. The third-order valence-corrected chi connectivity index (χ3v) is 4.40. The maximum Gasteiger partial charge on any atom is 0.289 e. The predicted octanol–water partition coefficient (Wildman–Crippen LogP) is 1.51. The van der Waals surface area contributed by atoms with Crippen LogP contribution in [0.2, 0.25) is 0 Å². The van der Waals surface area contributed by atoms with Gasteiger partial charge in [-0.1, -0.05) is 22.9 Å². The number of nitrogens with one attached hydrogen (secondary N) is 1. The molecule has 1 aliphatic heterocycles. The van der Waals surface area contributed by atoms with Gasteiger partial charge in [0.2, 0.25) is 0 Å². The van der Waals surface area contributed by atoms with Gasteiger partial charge in [-0.15, -0.1) is 0 Å². The minimum atomic E-state index is -0.452. The Morgan fingerprint density at radius 3 is 2.45 bits per heavy atom. The van der Waals surface area contributed by atoms with Gasteiger partial charge in [-0.25, -0.2) is 0 Å². The molecule has 0 aliphatic carbocycles. The van der Waals surface area contributed by atoms with Crippen molar-refractivity contribution in [1.82, 2.24) is 9.80 Å². The van der Waals surface area contributed by atoms with Crippen LogP contribution in [-0.2, 0) is 14.4 Å². The molecule has 9 nitrogen and oxygen atoms in total. The Hall–Kier alpha value is -3.62. The number of oxime groups is 1. The molecule has 2 aromatic rings. The summed E-state index contributed by atoms with van der Waals surface area (Å²) in [5.74, 6) is -0.619. The van der Waals surface area contributed by atoms with Crippen molar-refractivity contribution in [2.45, 2.75) is 6.92 Å². The molecule has 0 saturated carbocycles. The van der Waals surface area contributed by atoms with Gasteiger partial charge in [-0.2, -0.15) is 0 Å².